The van der Waals surface area contributed by atoms with E-state index in [0.29, 0.717) is 6.61 Å². The topological polar surface area (TPSA) is 41.6 Å². The lowest BCUT2D eigenvalue weighted by molar-refractivity contribution is 0.0526. The van der Waals surface area contributed by atoms with Crippen LogP contribution in [0.3, 0.4) is 0 Å². The van der Waals surface area contributed by atoms with Gasteiger partial charge in [0.25, 0.3) is 0 Å². The number of nitrogens with zero attached hydrogens (tertiary/aromatic N) is 1. The number of hydrogen-bond acceptors (Lipinski definition) is 4. The van der Waals surface area contributed by atoms with E-state index in [1.807, 2.05) is 6.92 Å². The molecule has 0 fully saturated rings. The van der Waals surface area contributed by atoms with Crippen LogP contribution in [0.5, 0.6) is 0 Å². The summed E-state index contributed by atoms with van der Waals surface area (Å²) in [7, 11) is 0. The highest BCUT2D eigenvalue weighted by molar-refractivity contribution is 7.80. The van der Waals surface area contributed by atoms with E-state index in [2.05, 4.69) is 24.1 Å². The van der Waals surface area contributed by atoms with E-state index in [-0.39, 0.29) is 5.97 Å². The van der Waals surface area contributed by atoms with Crippen LogP contribution in [0.25, 0.3) is 0 Å². The summed E-state index contributed by atoms with van der Waals surface area (Å²) in [5.41, 5.74) is 1.93. The van der Waals surface area contributed by atoms with E-state index in [1.54, 1.807) is 11.3 Å². The molecule has 1 N–H and O–H groups in total. The molecule has 2 rings (SSSR count). The van der Waals surface area contributed by atoms with Gasteiger partial charge in [-0.1, -0.05) is 39.5 Å². The molecule has 0 aliphatic heterocycles. The Morgan fingerprint density at radius 3 is 2.32 bits per heavy atom. The number of anilines is 1. The second-order valence-corrected chi connectivity index (χ2v) is 8.96. The Kier molecular flexibility index (Phi) is 10.3. The lowest BCUT2D eigenvalue weighted by Gasteiger charge is -2.25. The zero-order valence-electron chi connectivity index (χ0n) is 17.8. The van der Waals surface area contributed by atoms with Gasteiger partial charge in [-0.15, -0.1) is 11.3 Å². The van der Waals surface area contributed by atoms with Crippen molar-refractivity contribution >= 4 is 39.6 Å². The third kappa shape index (κ3) is 6.45. The lowest BCUT2D eigenvalue weighted by atomic mass is 9.96. The van der Waals surface area contributed by atoms with Gasteiger partial charge < -0.3 is 15.0 Å². The third-order valence-corrected chi connectivity index (χ3v) is 6.79. The Bertz CT molecular complexity index is 635. The monoisotopic (exact) mass is 424 g/mol. The van der Waals surface area contributed by atoms with Crippen LogP contribution >= 0.6 is 23.6 Å². The second-order valence-electron chi connectivity index (χ2n) is 7.47. The number of carbonyl (C=O) groups is 1. The number of fused-ring (bicyclic) bond motifs is 1. The Morgan fingerprint density at radius 2 is 1.71 bits per heavy atom. The largest absolute Gasteiger partial charge is 0.462 e. The predicted octanol–water partition coefficient (Wildman–Crippen LogP) is 6.18. The molecule has 1 aromatic heterocycles. The molecule has 0 atom stereocenters. The van der Waals surface area contributed by atoms with Gasteiger partial charge in [-0.2, -0.15) is 0 Å². The van der Waals surface area contributed by atoms with Crippen molar-refractivity contribution in [3.05, 3.63) is 16.0 Å². The van der Waals surface area contributed by atoms with Gasteiger partial charge in [0.1, 0.15) is 5.00 Å². The van der Waals surface area contributed by atoms with Crippen molar-refractivity contribution < 1.29 is 9.53 Å². The van der Waals surface area contributed by atoms with Gasteiger partial charge in [0.2, 0.25) is 0 Å². The maximum Gasteiger partial charge on any atom is 0.341 e. The zero-order valence-corrected chi connectivity index (χ0v) is 19.4. The first-order chi connectivity index (χ1) is 13.6. The molecule has 6 heteroatoms. The highest BCUT2D eigenvalue weighted by Gasteiger charge is 2.26. The highest BCUT2D eigenvalue weighted by Crippen LogP contribution is 2.37. The molecule has 0 bridgehead atoms. The quantitative estimate of drug-likeness (QED) is 0.378. The van der Waals surface area contributed by atoms with E-state index < -0.39 is 0 Å². The van der Waals surface area contributed by atoms with Gasteiger partial charge >= 0.3 is 5.97 Å². The number of rotatable bonds is 9. The summed E-state index contributed by atoms with van der Waals surface area (Å²) in [6, 6.07) is 0. The van der Waals surface area contributed by atoms with Crippen LogP contribution in [0.2, 0.25) is 0 Å². The summed E-state index contributed by atoms with van der Waals surface area (Å²) in [4.78, 5) is 16.4. The standard InChI is InChI=1S/C22H36N2O2S2/c1-4-7-15-24(16-8-5-2)22(27)23-20-19(21(25)26-6-3)17-13-11-9-10-12-14-18(17)28-20/h4-16H2,1-3H3,(H,23,27). The molecule has 0 spiro atoms. The van der Waals surface area contributed by atoms with Crippen LogP contribution in [-0.2, 0) is 17.6 Å². The van der Waals surface area contributed by atoms with E-state index in [1.165, 1.54) is 29.7 Å². The van der Waals surface area contributed by atoms with E-state index >= 15 is 0 Å². The summed E-state index contributed by atoms with van der Waals surface area (Å²) >= 11 is 7.46. The van der Waals surface area contributed by atoms with Crippen LogP contribution in [0.15, 0.2) is 0 Å². The summed E-state index contributed by atoms with van der Waals surface area (Å²) < 4.78 is 5.41. The molecule has 1 heterocycles. The average Bonchev–Trinajstić information content (AvgIpc) is 2.98. The number of carbonyl (C=O) groups excluding carboxylic acids is 1. The van der Waals surface area contributed by atoms with Gasteiger partial charge in [0.15, 0.2) is 5.11 Å². The van der Waals surface area contributed by atoms with Crippen LogP contribution in [0.4, 0.5) is 5.00 Å². The smallest absolute Gasteiger partial charge is 0.341 e. The number of aryl methyl sites for hydroxylation is 1. The molecular formula is C22H36N2O2S2. The van der Waals surface area contributed by atoms with Crippen molar-refractivity contribution in [2.45, 2.75) is 85.0 Å². The molecule has 0 saturated carbocycles. The average molecular weight is 425 g/mol. The Hall–Kier alpha value is -1.14. The predicted molar refractivity (Wildman–Crippen MR) is 124 cm³/mol. The van der Waals surface area contributed by atoms with Crippen molar-refractivity contribution in [2.75, 3.05) is 25.0 Å². The molecule has 28 heavy (non-hydrogen) atoms. The Labute approximate surface area is 180 Å². The number of nitrogens with one attached hydrogen (secondary N) is 1. The molecule has 4 nitrogen and oxygen atoms in total. The van der Waals surface area contributed by atoms with Crippen LogP contribution in [-0.4, -0.2) is 35.7 Å². The molecule has 1 aliphatic carbocycles. The number of thiocarbonyl (C=S) groups is 1. The summed E-state index contributed by atoms with van der Waals surface area (Å²) in [6.07, 6.45) is 11.4. The normalized spacial score (nSPS) is 14.0. The van der Waals surface area contributed by atoms with E-state index in [9.17, 15) is 4.79 Å². The van der Waals surface area contributed by atoms with Crippen molar-refractivity contribution in [1.82, 2.24) is 4.90 Å². The minimum Gasteiger partial charge on any atom is -0.462 e. The molecule has 1 aromatic rings. The minimum atomic E-state index is -0.209. The number of unbranched alkanes of at least 4 members (excludes halogenated alkanes) is 2. The molecule has 158 valence electrons. The molecular weight excluding hydrogens is 388 g/mol. The first-order valence-corrected chi connectivity index (χ1v) is 12.2. The van der Waals surface area contributed by atoms with Crippen molar-refractivity contribution in [2.24, 2.45) is 0 Å². The van der Waals surface area contributed by atoms with E-state index in [4.69, 9.17) is 17.0 Å². The van der Waals surface area contributed by atoms with Gasteiger partial charge in [-0.3, -0.25) is 0 Å². The van der Waals surface area contributed by atoms with Gasteiger partial charge in [0.05, 0.1) is 12.2 Å². The zero-order chi connectivity index (χ0) is 20.4. The number of esters is 1. The fourth-order valence-electron chi connectivity index (χ4n) is 3.62. The van der Waals surface area contributed by atoms with Gasteiger partial charge in [0, 0.05) is 18.0 Å². The highest BCUT2D eigenvalue weighted by atomic mass is 32.1. The fraction of sp³-hybridized carbons (Fsp3) is 0.727. The van der Waals surface area contributed by atoms with Crippen molar-refractivity contribution in [1.29, 1.82) is 0 Å². The summed E-state index contributed by atoms with van der Waals surface area (Å²) in [5.74, 6) is -0.209. The van der Waals surface area contributed by atoms with Crippen molar-refractivity contribution in [3.8, 4) is 0 Å². The maximum absolute atomic E-state index is 12.8. The molecule has 0 unspecified atom stereocenters. The number of hydrogen-bond donors (Lipinski definition) is 1. The Morgan fingerprint density at radius 1 is 1.07 bits per heavy atom. The second kappa shape index (κ2) is 12.4. The molecule has 0 amide bonds. The van der Waals surface area contributed by atoms with Crippen molar-refractivity contribution in [3.63, 3.8) is 0 Å². The van der Waals surface area contributed by atoms with Crippen LogP contribution < -0.4 is 5.32 Å². The fourth-order valence-corrected chi connectivity index (χ4v) is 5.24. The van der Waals surface area contributed by atoms with Gasteiger partial charge in [-0.25, -0.2) is 4.79 Å². The summed E-state index contributed by atoms with van der Waals surface area (Å²) in [5, 5.41) is 5.06. The molecule has 0 saturated heterocycles. The first kappa shape index (κ1) is 23.1. The molecule has 1 aliphatic rings. The van der Waals surface area contributed by atoms with Crippen LogP contribution in [0.1, 0.15) is 92.9 Å². The first-order valence-electron chi connectivity index (χ1n) is 11.0. The number of thiophene rings is 1. The molecule has 0 aromatic carbocycles. The van der Waals surface area contributed by atoms with Gasteiger partial charge in [-0.05, 0) is 63.2 Å². The molecule has 0 radical (unpaired) electrons. The van der Waals surface area contributed by atoms with E-state index in [0.717, 1.165) is 73.7 Å². The Balaban J connectivity index is 2.27. The number of ether oxygens (including phenoxy) is 1. The SMILES string of the molecule is CCCCN(CCCC)C(=S)Nc1sc2c(c1C(=O)OCC)CCCCCC2. The summed E-state index contributed by atoms with van der Waals surface area (Å²) in [6.45, 7) is 8.58. The minimum absolute atomic E-state index is 0.209. The third-order valence-electron chi connectivity index (χ3n) is 5.22. The maximum atomic E-state index is 12.8. The van der Waals surface area contributed by atoms with Crippen LogP contribution in [0, 0.1) is 0 Å². The lowest BCUT2D eigenvalue weighted by Crippen LogP contribution is -2.36.